The maximum absolute atomic E-state index is 2.87. The van der Waals surface area contributed by atoms with Gasteiger partial charge in [0.2, 0.25) is 0 Å². The second-order valence-electron chi connectivity index (χ2n) is 26.4. The molecular formula is C74H154N4. The van der Waals surface area contributed by atoms with Crippen molar-refractivity contribution in [2.75, 3.05) is 72.5 Å². The Kier molecular flexibility index (Phi) is 67.5. The minimum atomic E-state index is 0.722. The Balaban J connectivity index is 0.00000179. The lowest BCUT2D eigenvalue weighted by atomic mass is 10.0. The average molecular weight is 1100 g/mol. The quantitative estimate of drug-likeness (QED) is 0.0563. The van der Waals surface area contributed by atoms with E-state index in [1.807, 2.05) is 0 Å². The highest BCUT2D eigenvalue weighted by molar-refractivity contribution is 4.77. The van der Waals surface area contributed by atoms with Crippen molar-refractivity contribution in [2.24, 2.45) is 0 Å². The van der Waals surface area contributed by atoms with Crippen LogP contribution in [-0.2, 0) is 0 Å². The molecule has 1 atom stereocenters. The monoisotopic (exact) mass is 1100 g/mol. The zero-order valence-corrected chi connectivity index (χ0v) is 56.0. The molecule has 0 aliphatic carbocycles. The van der Waals surface area contributed by atoms with Crippen LogP contribution >= 0.6 is 0 Å². The highest BCUT2D eigenvalue weighted by Gasteiger charge is 2.21. The normalized spacial score (nSPS) is 14.5. The largest absolute Gasteiger partial charge is 0.306 e. The van der Waals surface area contributed by atoms with Gasteiger partial charge < -0.3 is 14.7 Å². The molecule has 0 aromatic rings. The van der Waals surface area contributed by atoms with Crippen LogP contribution in [0.25, 0.3) is 0 Å². The maximum Gasteiger partial charge on any atom is 0.0194 e. The highest BCUT2D eigenvalue weighted by atomic mass is 15.2. The molecule has 0 spiro atoms. The predicted octanol–water partition coefficient (Wildman–Crippen LogP) is 24.2. The second kappa shape index (κ2) is 67.6. The van der Waals surface area contributed by atoms with E-state index in [2.05, 4.69) is 68.2 Å². The molecule has 0 amide bonds. The topological polar surface area (TPSA) is 13.0 Å². The predicted molar refractivity (Wildman–Crippen MR) is 358 cm³/mol. The Hall–Kier alpha value is -0.160. The average Bonchev–Trinajstić information content (AvgIpc) is 3.62. The van der Waals surface area contributed by atoms with E-state index in [1.165, 1.54) is 425 Å². The fourth-order valence-electron chi connectivity index (χ4n) is 12.7. The fourth-order valence-corrected chi connectivity index (χ4v) is 12.7. The van der Waals surface area contributed by atoms with Gasteiger partial charge in [-0.2, -0.15) is 0 Å². The molecule has 1 rings (SSSR count). The Morgan fingerprint density at radius 1 is 0.269 bits per heavy atom. The van der Waals surface area contributed by atoms with Crippen molar-refractivity contribution in [1.82, 2.24) is 19.6 Å². The van der Waals surface area contributed by atoms with E-state index in [0.29, 0.717) is 0 Å². The van der Waals surface area contributed by atoms with Gasteiger partial charge in [-0.05, 0) is 118 Å². The molecule has 0 aromatic heterocycles. The van der Waals surface area contributed by atoms with Crippen LogP contribution in [0.4, 0.5) is 0 Å². The fraction of sp³-hybridized carbons (Fsp3) is 1.00. The molecule has 4 heteroatoms. The smallest absolute Gasteiger partial charge is 0.0194 e. The first kappa shape index (κ1) is 77.8. The molecular weight excluding hydrogens is 945 g/mol. The summed E-state index contributed by atoms with van der Waals surface area (Å²) in [5.74, 6) is 0. The third kappa shape index (κ3) is 60.4. The highest BCUT2D eigenvalue weighted by Crippen LogP contribution is 2.18. The van der Waals surface area contributed by atoms with Gasteiger partial charge in [0.05, 0.1) is 0 Å². The molecule has 0 saturated carbocycles. The molecule has 0 N–H and O–H groups in total. The van der Waals surface area contributed by atoms with Crippen molar-refractivity contribution in [3.63, 3.8) is 0 Å². The summed E-state index contributed by atoms with van der Waals surface area (Å²) in [6, 6.07) is 0.722. The third-order valence-electron chi connectivity index (χ3n) is 18.3. The minimum absolute atomic E-state index is 0.722. The molecule has 1 heterocycles. The van der Waals surface area contributed by atoms with Gasteiger partial charge in [0.15, 0.2) is 0 Å². The van der Waals surface area contributed by atoms with Crippen LogP contribution < -0.4 is 0 Å². The lowest BCUT2D eigenvalue weighted by Gasteiger charge is -2.29. The first-order chi connectivity index (χ1) is 38.5. The van der Waals surface area contributed by atoms with E-state index in [9.17, 15) is 0 Å². The summed E-state index contributed by atoms with van der Waals surface area (Å²) in [6.45, 7) is 27.3. The maximum atomic E-state index is 2.87. The van der Waals surface area contributed by atoms with E-state index in [4.69, 9.17) is 0 Å². The van der Waals surface area contributed by atoms with Crippen LogP contribution in [0.1, 0.15) is 401 Å². The number of hydrogen-bond acceptors (Lipinski definition) is 4. The zero-order chi connectivity index (χ0) is 56.6. The van der Waals surface area contributed by atoms with Crippen LogP contribution in [0.3, 0.4) is 0 Å². The van der Waals surface area contributed by atoms with E-state index < -0.39 is 0 Å². The summed E-state index contributed by atoms with van der Waals surface area (Å²) >= 11 is 0. The first-order valence-electron chi connectivity index (χ1n) is 37.4. The Labute approximate surface area is 496 Å². The van der Waals surface area contributed by atoms with Crippen molar-refractivity contribution in [3.05, 3.63) is 0 Å². The molecule has 0 bridgehead atoms. The van der Waals surface area contributed by atoms with E-state index in [1.54, 1.807) is 0 Å². The van der Waals surface area contributed by atoms with Crippen molar-refractivity contribution >= 4 is 0 Å². The standard InChI is InChI=1S/C47H97N3.C27H57N/c1-5-8-11-14-17-20-22-23-24-27-30-33-36-44-50-45-38-43-49(46-47(50)4)42-37-41-48(39-34-31-28-25-19-16-13-10-7-3)40-35-32-29-26-21-18-15-12-9-6-2;1-4-6-8-10-12-14-16-18-20-22-24-26-28(3)27-25-23-21-19-17-15-13-11-9-7-5-2/h47H,5-46H2,1-4H3;4-27H2,1-3H3. The van der Waals surface area contributed by atoms with Gasteiger partial charge in [-0.3, -0.25) is 4.90 Å². The van der Waals surface area contributed by atoms with Gasteiger partial charge in [-0.15, -0.1) is 0 Å². The summed E-state index contributed by atoms with van der Waals surface area (Å²) in [4.78, 5) is 11.1. The first-order valence-corrected chi connectivity index (χ1v) is 37.4. The molecule has 4 nitrogen and oxygen atoms in total. The summed E-state index contributed by atoms with van der Waals surface area (Å²) in [5, 5.41) is 0. The van der Waals surface area contributed by atoms with Gasteiger partial charge in [0, 0.05) is 12.6 Å². The minimum Gasteiger partial charge on any atom is -0.306 e. The Morgan fingerprint density at radius 2 is 0.513 bits per heavy atom. The van der Waals surface area contributed by atoms with Crippen LogP contribution in [0.5, 0.6) is 0 Å². The van der Waals surface area contributed by atoms with E-state index >= 15 is 0 Å². The van der Waals surface area contributed by atoms with Crippen LogP contribution in [0.2, 0.25) is 0 Å². The van der Waals surface area contributed by atoms with Gasteiger partial charge in [0.25, 0.3) is 0 Å². The molecule has 470 valence electrons. The number of rotatable bonds is 63. The van der Waals surface area contributed by atoms with Crippen molar-refractivity contribution in [1.29, 1.82) is 0 Å². The van der Waals surface area contributed by atoms with Gasteiger partial charge >= 0.3 is 0 Å². The van der Waals surface area contributed by atoms with Crippen LogP contribution in [-0.4, -0.2) is 98.1 Å². The SMILES string of the molecule is CCCCCCCCCCCCCCCN1CCCN(CCCN(CCCCCCCCCCC)CCCCCCCCCCCC)CC1C.CCCCCCCCCCCCCN(C)CCCCCCCCCCCCC. The summed E-state index contributed by atoms with van der Waals surface area (Å²) in [5.41, 5.74) is 0. The van der Waals surface area contributed by atoms with Crippen molar-refractivity contribution in [2.45, 2.75) is 407 Å². The third-order valence-corrected chi connectivity index (χ3v) is 18.3. The molecule has 0 radical (unpaired) electrons. The van der Waals surface area contributed by atoms with Gasteiger partial charge in [0.1, 0.15) is 0 Å². The molecule has 0 aromatic carbocycles. The molecule has 1 unspecified atom stereocenters. The Morgan fingerprint density at radius 3 is 0.808 bits per heavy atom. The van der Waals surface area contributed by atoms with Gasteiger partial charge in [-0.25, -0.2) is 0 Å². The van der Waals surface area contributed by atoms with E-state index in [-0.39, 0.29) is 0 Å². The number of nitrogens with zero attached hydrogens (tertiary/aromatic N) is 4. The van der Waals surface area contributed by atoms with Crippen LogP contribution in [0, 0.1) is 0 Å². The molecule has 1 aliphatic rings. The summed E-state index contributed by atoms with van der Waals surface area (Å²) < 4.78 is 0. The Bertz CT molecular complexity index is 1020. The molecule has 1 fully saturated rings. The number of hydrogen-bond donors (Lipinski definition) is 0. The summed E-state index contributed by atoms with van der Waals surface area (Å²) in [7, 11) is 2.33. The van der Waals surface area contributed by atoms with Crippen molar-refractivity contribution < 1.29 is 0 Å². The molecule has 1 saturated heterocycles. The lowest BCUT2D eigenvalue weighted by molar-refractivity contribution is 0.179. The van der Waals surface area contributed by atoms with E-state index in [0.717, 1.165) is 6.04 Å². The summed E-state index contributed by atoms with van der Waals surface area (Å²) in [6.07, 6.45) is 80.9. The number of unbranched alkanes of at least 4 members (excludes halogenated alkanes) is 49. The lowest BCUT2D eigenvalue weighted by Crippen LogP contribution is -2.40. The van der Waals surface area contributed by atoms with Crippen LogP contribution in [0.15, 0.2) is 0 Å². The zero-order valence-electron chi connectivity index (χ0n) is 56.0. The second-order valence-corrected chi connectivity index (χ2v) is 26.4. The van der Waals surface area contributed by atoms with Crippen molar-refractivity contribution in [3.8, 4) is 0 Å². The molecule has 78 heavy (non-hydrogen) atoms. The molecule has 1 aliphatic heterocycles. The van der Waals surface area contributed by atoms with Gasteiger partial charge in [-0.1, -0.05) is 349 Å².